The van der Waals surface area contributed by atoms with Gasteiger partial charge in [-0.1, -0.05) is 24.4 Å². The number of nitrogens with zero attached hydrogens (tertiary/aromatic N) is 3. The summed E-state index contributed by atoms with van der Waals surface area (Å²) in [6.45, 7) is 1.83. The summed E-state index contributed by atoms with van der Waals surface area (Å²) >= 11 is 0. The van der Waals surface area contributed by atoms with Gasteiger partial charge < -0.3 is 16.3 Å². The fraction of sp³-hybridized carbons (Fsp3) is 0.615. The number of hydrogen-bond donors (Lipinski definition) is 3. The highest BCUT2D eigenvalue weighted by atomic mass is 16.4. The van der Waals surface area contributed by atoms with E-state index in [1.807, 2.05) is 6.92 Å². The van der Waals surface area contributed by atoms with Crippen LogP contribution in [0.3, 0.4) is 0 Å². The van der Waals surface area contributed by atoms with Crippen molar-refractivity contribution in [3.63, 3.8) is 0 Å². The average molecular weight is 279 g/mol. The minimum atomic E-state index is -0.907. The average Bonchev–Trinajstić information content (AvgIpc) is 2.76. The number of rotatable bonds is 3. The number of oxime groups is 1. The largest absolute Gasteiger partial charge is 0.409 e. The van der Waals surface area contributed by atoms with Crippen molar-refractivity contribution in [3.05, 3.63) is 11.9 Å². The molecule has 0 bridgehead atoms. The molecule has 1 aromatic rings. The molecule has 110 valence electrons. The van der Waals surface area contributed by atoms with Crippen LogP contribution in [0.4, 0.5) is 5.69 Å². The highest BCUT2D eigenvalue weighted by molar-refractivity contribution is 6.12. The van der Waals surface area contributed by atoms with Crippen molar-refractivity contribution in [1.82, 2.24) is 9.78 Å². The van der Waals surface area contributed by atoms with E-state index in [0.717, 1.165) is 25.0 Å². The molecule has 1 fully saturated rings. The zero-order valence-corrected chi connectivity index (χ0v) is 11.9. The van der Waals surface area contributed by atoms with Crippen molar-refractivity contribution in [3.8, 4) is 0 Å². The number of amides is 1. The third kappa shape index (κ3) is 2.48. The van der Waals surface area contributed by atoms with Crippen LogP contribution in [-0.2, 0) is 11.8 Å². The highest BCUT2D eigenvalue weighted by Gasteiger charge is 2.44. The maximum Gasteiger partial charge on any atom is 0.238 e. The minimum Gasteiger partial charge on any atom is -0.409 e. The standard InChI is InChI=1S/C13H21N5O2/c1-9-10(8-18(2)16-9)15-12(19)13(11(14)17-20)6-4-3-5-7-13/h8,20H,3-7H2,1-2H3,(H2,14,17)(H,15,19). The first-order chi connectivity index (χ1) is 9.49. The summed E-state index contributed by atoms with van der Waals surface area (Å²) in [5.41, 5.74) is 6.29. The summed E-state index contributed by atoms with van der Waals surface area (Å²) < 4.78 is 1.64. The number of amidine groups is 1. The molecule has 0 atom stereocenters. The van der Waals surface area contributed by atoms with E-state index < -0.39 is 5.41 Å². The Kier molecular flexibility index (Phi) is 3.96. The molecule has 1 heterocycles. The fourth-order valence-electron chi connectivity index (χ4n) is 2.81. The lowest BCUT2D eigenvalue weighted by Crippen LogP contribution is -2.48. The van der Waals surface area contributed by atoms with Crippen LogP contribution in [0.2, 0.25) is 0 Å². The molecular formula is C13H21N5O2. The summed E-state index contributed by atoms with van der Waals surface area (Å²) in [6, 6.07) is 0. The summed E-state index contributed by atoms with van der Waals surface area (Å²) in [5.74, 6) is -0.222. The lowest BCUT2D eigenvalue weighted by molar-refractivity contribution is -0.123. The second-order valence-electron chi connectivity index (χ2n) is 5.38. The van der Waals surface area contributed by atoms with E-state index in [1.165, 1.54) is 0 Å². The first kappa shape index (κ1) is 14.4. The topological polar surface area (TPSA) is 106 Å². The SMILES string of the molecule is Cc1nn(C)cc1NC(=O)C1(/C(N)=N/O)CCCCC1. The van der Waals surface area contributed by atoms with Gasteiger partial charge in [0.05, 0.1) is 11.4 Å². The lowest BCUT2D eigenvalue weighted by Gasteiger charge is -2.34. The van der Waals surface area contributed by atoms with Gasteiger partial charge in [-0.15, -0.1) is 0 Å². The molecule has 0 aromatic carbocycles. The van der Waals surface area contributed by atoms with E-state index in [-0.39, 0.29) is 11.7 Å². The van der Waals surface area contributed by atoms with Crippen LogP contribution < -0.4 is 11.1 Å². The predicted octanol–water partition coefficient (Wildman–Crippen LogP) is 1.36. The minimum absolute atomic E-state index is 0.00348. The molecule has 4 N–H and O–H groups in total. The van der Waals surface area contributed by atoms with Crippen LogP contribution in [-0.4, -0.2) is 26.7 Å². The van der Waals surface area contributed by atoms with Crippen LogP contribution in [0.1, 0.15) is 37.8 Å². The number of carbonyl (C=O) groups is 1. The number of anilines is 1. The van der Waals surface area contributed by atoms with E-state index in [1.54, 1.807) is 17.9 Å². The number of aromatic nitrogens is 2. The van der Waals surface area contributed by atoms with Crippen molar-refractivity contribution in [2.45, 2.75) is 39.0 Å². The van der Waals surface area contributed by atoms with Gasteiger partial charge >= 0.3 is 0 Å². The van der Waals surface area contributed by atoms with Gasteiger partial charge in [0.25, 0.3) is 0 Å². The van der Waals surface area contributed by atoms with Gasteiger partial charge in [-0.3, -0.25) is 9.48 Å². The van der Waals surface area contributed by atoms with Crippen LogP contribution in [0, 0.1) is 12.3 Å². The Morgan fingerprint density at radius 1 is 1.50 bits per heavy atom. The predicted molar refractivity (Wildman–Crippen MR) is 75.5 cm³/mol. The second-order valence-corrected chi connectivity index (χ2v) is 5.38. The maximum absolute atomic E-state index is 12.6. The number of nitrogens with one attached hydrogen (secondary N) is 1. The van der Waals surface area contributed by atoms with E-state index in [2.05, 4.69) is 15.6 Å². The van der Waals surface area contributed by atoms with E-state index in [0.29, 0.717) is 18.5 Å². The summed E-state index contributed by atoms with van der Waals surface area (Å²) in [4.78, 5) is 12.6. The van der Waals surface area contributed by atoms with Gasteiger partial charge in [0.15, 0.2) is 5.84 Å². The monoisotopic (exact) mass is 279 g/mol. The zero-order valence-electron chi connectivity index (χ0n) is 11.9. The molecule has 7 heteroatoms. The first-order valence-electron chi connectivity index (χ1n) is 6.79. The summed E-state index contributed by atoms with van der Waals surface area (Å²) in [5, 5.41) is 19.1. The van der Waals surface area contributed by atoms with Crippen LogP contribution in [0.5, 0.6) is 0 Å². The third-order valence-electron chi connectivity index (χ3n) is 4.00. The quantitative estimate of drug-likeness (QED) is 0.336. The molecule has 1 aliphatic carbocycles. The van der Waals surface area contributed by atoms with Gasteiger partial charge in [0.1, 0.15) is 5.41 Å². The number of hydrogen-bond acceptors (Lipinski definition) is 4. The van der Waals surface area contributed by atoms with Crippen molar-refractivity contribution >= 4 is 17.4 Å². The van der Waals surface area contributed by atoms with Gasteiger partial charge in [-0.05, 0) is 19.8 Å². The number of carbonyl (C=O) groups excluding carboxylic acids is 1. The number of nitrogens with two attached hydrogens (primary N) is 1. The van der Waals surface area contributed by atoms with E-state index in [4.69, 9.17) is 10.9 Å². The molecule has 0 unspecified atom stereocenters. The number of aryl methyl sites for hydroxylation is 2. The normalized spacial score (nSPS) is 18.8. The van der Waals surface area contributed by atoms with E-state index in [9.17, 15) is 4.79 Å². The molecular weight excluding hydrogens is 258 g/mol. The Morgan fingerprint density at radius 2 is 2.15 bits per heavy atom. The molecule has 0 spiro atoms. The molecule has 0 aliphatic heterocycles. The van der Waals surface area contributed by atoms with Crippen LogP contribution in [0.15, 0.2) is 11.4 Å². The Morgan fingerprint density at radius 3 is 2.65 bits per heavy atom. The van der Waals surface area contributed by atoms with Crippen LogP contribution in [0.25, 0.3) is 0 Å². The smallest absolute Gasteiger partial charge is 0.238 e. The van der Waals surface area contributed by atoms with Crippen molar-refractivity contribution in [2.24, 2.45) is 23.4 Å². The van der Waals surface area contributed by atoms with Gasteiger partial charge in [-0.2, -0.15) is 5.10 Å². The highest BCUT2D eigenvalue weighted by Crippen LogP contribution is 2.37. The van der Waals surface area contributed by atoms with Crippen molar-refractivity contribution < 1.29 is 10.0 Å². The lowest BCUT2D eigenvalue weighted by atomic mass is 9.72. The Bertz CT molecular complexity index is 529. The summed E-state index contributed by atoms with van der Waals surface area (Å²) in [7, 11) is 1.79. The Balaban J connectivity index is 2.25. The second kappa shape index (κ2) is 5.52. The third-order valence-corrected chi connectivity index (χ3v) is 4.00. The molecule has 2 rings (SSSR count). The van der Waals surface area contributed by atoms with Crippen molar-refractivity contribution in [1.29, 1.82) is 0 Å². The molecule has 0 saturated heterocycles. The first-order valence-corrected chi connectivity index (χ1v) is 6.79. The molecule has 0 radical (unpaired) electrons. The molecule has 1 amide bonds. The maximum atomic E-state index is 12.6. The fourth-order valence-corrected chi connectivity index (χ4v) is 2.81. The molecule has 1 saturated carbocycles. The van der Waals surface area contributed by atoms with E-state index >= 15 is 0 Å². The van der Waals surface area contributed by atoms with Crippen molar-refractivity contribution in [2.75, 3.05) is 5.32 Å². The summed E-state index contributed by atoms with van der Waals surface area (Å²) in [6.07, 6.45) is 5.82. The van der Waals surface area contributed by atoms with Gasteiger partial charge in [0.2, 0.25) is 5.91 Å². The molecule has 20 heavy (non-hydrogen) atoms. The van der Waals surface area contributed by atoms with Gasteiger partial charge in [-0.25, -0.2) is 0 Å². The van der Waals surface area contributed by atoms with Crippen LogP contribution >= 0.6 is 0 Å². The molecule has 1 aromatic heterocycles. The van der Waals surface area contributed by atoms with Gasteiger partial charge in [0, 0.05) is 13.2 Å². The molecule has 7 nitrogen and oxygen atoms in total. The Labute approximate surface area is 117 Å². The molecule has 1 aliphatic rings. The Hall–Kier alpha value is -2.05. The zero-order chi connectivity index (χ0) is 14.8.